The lowest BCUT2D eigenvalue weighted by atomic mass is 10.2. The van der Waals surface area contributed by atoms with Crippen LogP contribution in [-0.2, 0) is 9.53 Å². The van der Waals surface area contributed by atoms with Crippen LogP contribution in [0.5, 0.6) is 11.5 Å². The minimum atomic E-state index is -0.108. The van der Waals surface area contributed by atoms with Crippen molar-refractivity contribution in [3.05, 3.63) is 18.2 Å². The molecule has 21 heavy (non-hydrogen) atoms. The van der Waals surface area contributed by atoms with Gasteiger partial charge in [0.05, 0.1) is 26.9 Å². The van der Waals surface area contributed by atoms with Crippen LogP contribution >= 0.6 is 0 Å². The summed E-state index contributed by atoms with van der Waals surface area (Å²) in [7, 11) is 3.15. The number of methoxy groups -OCH3 is 2. The average Bonchev–Trinajstić information content (AvgIpc) is 3.00. The lowest BCUT2D eigenvalue weighted by Crippen LogP contribution is -2.33. The first-order chi connectivity index (χ1) is 10.2. The van der Waals surface area contributed by atoms with Crippen LogP contribution in [0.25, 0.3) is 0 Å². The summed E-state index contributed by atoms with van der Waals surface area (Å²) in [5, 5.41) is 5.92. The van der Waals surface area contributed by atoms with E-state index in [-0.39, 0.29) is 18.6 Å². The van der Waals surface area contributed by atoms with Gasteiger partial charge in [0.15, 0.2) is 0 Å². The van der Waals surface area contributed by atoms with Crippen molar-refractivity contribution in [2.75, 3.05) is 39.2 Å². The highest BCUT2D eigenvalue weighted by Crippen LogP contribution is 2.25. The van der Waals surface area contributed by atoms with Crippen LogP contribution in [0.15, 0.2) is 18.2 Å². The third-order valence-electron chi connectivity index (χ3n) is 3.32. The van der Waals surface area contributed by atoms with Gasteiger partial charge in [0.25, 0.3) is 0 Å². The van der Waals surface area contributed by atoms with Gasteiger partial charge in [-0.25, -0.2) is 0 Å². The number of anilines is 1. The minimum Gasteiger partial charge on any atom is -0.497 e. The average molecular weight is 294 g/mol. The zero-order valence-corrected chi connectivity index (χ0v) is 12.5. The predicted octanol–water partition coefficient (Wildman–Crippen LogP) is 1.41. The van der Waals surface area contributed by atoms with Crippen LogP contribution in [0.2, 0.25) is 0 Å². The Labute approximate surface area is 124 Å². The summed E-state index contributed by atoms with van der Waals surface area (Å²) in [5.74, 6) is 1.16. The number of hydrogen-bond donors (Lipinski definition) is 2. The predicted molar refractivity (Wildman–Crippen MR) is 80.0 cm³/mol. The first-order valence-corrected chi connectivity index (χ1v) is 7.06. The summed E-state index contributed by atoms with van der Waals surface area (Å²) < 4.78 is 15.8. The van der Waals surface area contributed by atoms with Crippen LogP contribution in [0.1, 0.15) is 12.8 Å². The summed E-state index contributed by atoms with van der Waals surface area (Å²) in [5.41, 5.74) is 0.648. The molecule has 6 heteroatoms. The first-order valence-electron chi connectivity index (χ1n) is 7.06. The fourth-order valence-electron chi connectivity index (χ4n) is 2.24. The molecule has 0 radical (unpaired) electrons. The van der Waals surface area contributed by atoms with E-state index in [1.807, 2.05) is 0 Å². The first kappa shape index (κ1) is 15.6. The minimum absolute atomic E-state index is 0.108. The molecule has 0 saturated carbocycles. The molecule has 0 aromatic heterocycles. The number of nitrogens with one attached hydrogen (secondary N) is 2. The molecule has 1 fully saturated rings. The van der Waals surface area contributed by atoms with E-state index in [9.17, 15) is 4.79 Å². The maximum absolute atomic E-state index is 11.9. The molecule has 1 atom stereocenters. The van der Waals surface area contributed by atoms with Gasteiger partial charge in [0.2, 0.25) is 5.91 Å². The fraction of sp³-hybridized carbons (Fsp3) is 0.533. The standard InChI is InChI=1S/C15H22N2O4/c1-19-13-6-11(7-14(8-13)20-2)17-15(18)10-16-9-12-4-3-5-21-12/h6-8,12,16H,3-5,9-10H2,1-2H3,(H,17,18). The van der Waals surface area contributed by atoms with Gasteiger partial charge in [-0.3, -0.25) is 4.79 Å². The third kappa shape index (κ3) is 4.91. The van der Waals surface area contributed by atoms with Crippen LogP contribution in [-0.4, -0.2) is 45.9 Å². The van der Waals surface area contributed by atoms with E-state index in [0.717, 1.165) is 19.4 Å². The number of rotatable bonds is 7. The van der Waals surface area contributed by atoms with Gasteiger partial charge >= 0.3 is 0 Å². The molecule has 2 N–H and O–H groups in total. The number of carbonyl (C=O) groups is 1. The van der Waals surface area contributed by atoms with Gasteiger partial charge in [-0.1, -0.05) is 0 Å². The van der Waals surface area contributed by atoms with E-state index in [0.29, 0.717) is 23.7 Å². The highest BCUT2D eigenvalue weighted by Gasteiger charge is 2.15. The highest BCUT2D eigenvalue weighted by molar-refractivity contribution is 5.92. The van der Waals surface area contributed by atoms with Gasteiger partial charge < -0.3 is 24.8 Å². The van der Waals surface area contributed by atoms with Crippen molar-refractivity contribution >= 4 is 11.6 Å². The molecule has 0 bridgehead atoms. The second-order valence-corrected chi connectivity index (χ2v) is 4.92. The van der Waals surface area contributed by atoms with Crippen LogP contribution < -0.4 is 20.1 Å². The molecule has 1 aliphatic heterocycles. The summed E-state index contributed by atoms with van der Waals surface area (Å²) >= 11 is 0. The molecule has 1 saturated heterocycles. The lowest BCUT2D eigenvalue weighted by Gasteiger charge is -2.12. The molecule has 116 valence electrons. The van der Waals surface area contributed by atoms with E-state index in [1.165, 1.54) is 0 Å². The van der Waals surface area contributed by atoms with Gasteiger partial charge in [-0.15, -0.1) is 0 Å². The molecule has 1 aliphatic rings. The Morgan fingerprint density at radius 1 is 1.29 bits per heavy atom. The number of carbonyl (C=O) groups excluding carboxylic acids is 1. The molecular formula is C15H22N2O4. The van der Waals surface area contributed by atoms with Gasteiger partial charge in [-0.2, -0.15) is 0 Å². The SMILES string of the molecule is COc1cc(NC(=O)CNCC2CCCO2)cc(OC)c1. The van der Waals surface area contributed by atoms with Crippen LogP contribution in [0, 0.1) is 0 Å². The molecule has 0 spiro atoms. The Morgan fingerprint density at radius 2 is 2.00 bits per heavy atom. The monoisotopic (exact) mass is 294 g/mol. The number of benzene rings is 1. The van der Waals surface area contributed by atoms with Crippen molar-refractivity contribution in [3.63, 3.8) is 0 Å². The van der Waals surface area contributed by atoms with E-state index < -0.39 is 0 Å². The zero-order valence-electron chi connectivity index (χ0n) is 12.5. The zero-order chi connectivity index (χ0) is 15.1. The van der Waals surface area contributed by atoms with E-state index in [4.69, 9.17) is 14.2 Å². The van der Waals surface area contributed by atoms with Crippen molar-refractivity contribution in [1.82, 2.24) is 5.32 Å². The Hall–Kier alpha value is -1.79. The smallest absolute Gasteiger partial charge is 0.238 e. The van der Waals surface area contributed by atoms with Gasteiger partial charge in [0.1, 0.15) is 11.5 Å². The van der Waals surface area contributed by atoms with E-state index in [2.05, 4.69) is 10.6 Å². The third-order valence-corrected chi connectivity index (χ3v) is 3.32. The molecule has 0 aliphatic carbocycles. The maximum atomic E-state index is 11.9. The normalized spacial score (nSPS) is 17.5. The molecule has 6 nitrogen and oxygen atoms in total. The van der Waals surface area contributed by atoms with Crippen molar-refractivity contribution in [2.45, 2.75) is 18.9 Å². The fourth-order valence-corrected chi connectivity index (χ4v) is 2.24. The number of ether oxygens (including phenoxy) is 3. The van der Waals surface area contributed by atoms with E-state index >= 15 is 0 Å². The summed E-state index contributed by atoms with van der Waals surface area (Å²) in [6.45, 7) is 1.77. The molecule has 1 unspecified atom stereocenters. The van der Waals surface area contributed by atoms with Crippen LogP contribution in [0.3, 0.4) is 0 Å². The van der Waals surface area contributed by atoms with Gasteiger partial charge in [0, 0.05) is 37.0 Å². The quantitative estimate of drug-likeness (QED) is 0.796. The number of hydrogen-bond acceptors (Lipinski definition) is 5. The molecular weight excluding hydrogens is 272 g/mol. The van der Waals surface area contributed by atoms with Crippen molar-refractivity contribution in [1.29, 1.82) is 0 Å². The van der Waals surface area contributed by atoms with Crippen molar-refractivity contribution < 1.29 is 19.0 Å². The molecule has 1 heterocycles. The molecule has 1 aromatic carbocycles. The van der Waals surface area contributed by atoms with Crippen molar-refractivity contribution in [3.8, 4) is 11.5 Å². The number of amides is 1. The topological polar surface area (TPSA) is 68.8 Å². The Kier molecular flexibility index (Phi) is 5.83. The van der Waals surface area contributed by atoms with Crippen LogP contribution in [0.4, 0.5) is 5.69 Å². The Bertz CT molecular complexity index is 450. The molecule has 1 aromatic rings. The molecule has 1 amide bonds. The van der Waals surface area contributed by atoms with E-state index in [1.54, 1.807) is 32.4 Å². The summed E-state index contributed by atoms with van der Waals surface area (Å²) in [6, 6.07) is 5.26. The Balaban J connectivity index is 1.81. The maximum Gasteiger partial charge on any atom is 0.238 e. The second-order valence-electron chi connectivity index (χ2n) is 4.92. The largest absolute Gasteiger partial charge is 0.497 e. The lowest BCUT2D eigenvalue weighted by molar-refractivity contribution is -0.115. The van der Waals surface area contributed by atoms with Crippen molar-refractivity contribution in [2.24, 2.45) is 0 Å². The second kappa shape index (κ2) is 7.85. The highest BCUT2D eigenvalue weighted by atomic mass is 16.5. The summed E-state index contributed by atoms with van der Waals surface area (Å²) in [6.07, 6.45) is 2.39. The summed E-state index contributed by atoms with van der Waals surface area (Å²) in [4.78, 5) is 11.9. The Morgan fingerprint density at radius 3 is 2.57 bits per heavy atom. The van der Waals surface area contributed by atoms with Gasteiger partial charge in [-0.05, 0) is 12.8 Å². The molecule has 2 rings (SSSR count).